The van der Waals surface area contributed by atoms with E-state index in [1.807, 2.05) is 18.2 Å². The van der Waals surface area contributed by atoms with Crippen LogP contribution in [-0.4, -0.2) is 48.9 Å². The van der Waals surface area contributed by atoms with Gasteiger partial charge in [0.1, 0.15) is 0 Å². The molecule has 0 bridgehead atoms. The lowest BCUT2D eigenvalue weighted by Crippen LogP contribution is -2.43. The van der Waals surface area contributed by atoms with Crippen molar-refractivity contribution in [1.29, 1.82) is 0 Å². The minimum absolute atomic E-state index is 0.0176. The Bertz CT molecular complexity index is 456. The summed E-state index contributed by atoms with van der Waals surface area (Å²) in [5.74, 6) is 0.543. The van der Waals surface area contributed by atoms with Gasteiger partial charge in [0.05, 0.1) is 18.8 Å². The van der Waals surface area contributed by atoms with Gasteiger partial charge in [0, 0.05) is 26.8 Å². The first-order chi connectivity index (χ1) is 9.63. The molecule has 20 heavy (non-hydrogen) atoms. The Kier molecular flexibility index (Phi) is 6.81. The predicted molar refractivity (Wildman–Crippen MR) is 80.3 cm³/mol. The molecule has 1 rings (SSSR count). The highest BCUT2D eigenvalue weighted by molar-refractivity contribution is 5.86. The number of pyridine rings is 1. The van der Waals surface area contributed by atoms with E-state index in [1.54, 1.807) is 26.4 Å². The Morgan fingerprint density at radius 3 is 2.85 bits per heavy atom. The topological polar surface area (TPSA) is 69.6 Å². The molecule has 0 aliphatic rings. The highest BCUT2D eigenvalue weighted by Gasteiger charge is 2.05. The molecule has 1 heterocycles. The summed E-state index contributed by atoms with van der Waals surface area (Å²) in [6, 6.07) is 5.68. The van der Waals surface area contributed by atoms with Crippen molar-refractivity contribution in [2.24, 2.45) is 4.99 Å². The number of guanidine groups is 1. The van der Waals surface area contributed by atoms with Crippen LogP contribution in [0.4, 0.5) is 0 Å². The average molecular weight is 275 g/mol. The predicted octanol–water partition coefficient (Wildman–Crippen LogP) is 0.391. The van der Waals surface area contributed by atoms with E-state index in [2.05, 4.69) is 27.2 Å². The number of amides is 1. The number of carbonyl (C=O) groups is 1. The monoisotopic (exact) mass is 275 g/mol. The molecule has 2 N–H and O–H groups in total. The number of aromatic nitrogens is 1. The molecule has 6 heteroatoms. The summed E-state index contributed by atoms with van der Waals surface area (Å²) in [4.78, 5) is 21.6. The largest absolute Gasteiger partial charge is 0.353 e. The summed E-state index contributed by atoms with van der Waals surface area (Å²) in [5.41, 5.74) is 0.867. The maximum atomic E-state index is 11.5. The van der Waals surface area contributed by atoms with Crippen molar-refractivity contribution in [2.45, 2.75) is 6.54 Å². The Balaban J connectivity index is 2.58. The van der Waals surface area contributed by atoms with Crippen LogP contribution in [0, 0.1) is 0 Å². The van der Waals surface area contributed by atoms with Gasteiger partial charge in [-0.05, 0) is 12.1 Å². The molecule has 6 nitrogen and oxygen atoms in total. The highest BCUT2D eigenvalue weighted by atomic mass is 16.2. The summed E-state index contributed by atoms with van der Waals surface area (Å²) in [6.45, 7) is 4.86. The van der Waals surface area contributed by atoms with Crippen LogP contribution in [0.1, 0.15) is 5.69 Å². The number of carbonyl (C=O) groups excluding carboxylic acids is 1. The average Bonchev–Trinajstić information content (AvgIpc) is 2.47. The summed E-state index contributed by atoms with van der Waals surface area (Å²) >= 11 is 0. The number of rotatable bonds is 6. The summed E-state index contributed by atoms with van der Waals surface area (Å²) < 4.78 is 0. The zero-order chi connectivity index (χ0) is 14.8. The minimum atomic E-state index is -0.0176. The SMILES string of the molecule is C=CCNC(=NCc1ccccn1)NCC(=O)N(C)C. The van der Waals surface area contributed by atoms with Crippen LogP contribution >= 0.6 is 0 Å². The van der Waals surface area contributed by atoms with E-state index in [1.165, 1.54) is 4.90 Å². The number of aliphatic imine (C=N–C) groups is 1. The lowest BCUT2D eigenvalue weighted by molar-refractivity contribution is -0.127. The fourth-order valence-electron chi connectivity index (χ4n) is 1.31. The molecule has 0 aromatic carbocycles. The standard InChI is InChI=1S/C14H21N5O/c1-4-8-16-14(18-11-13(20)19(2)3)17-10-12-7-5-6-9-15-12/h4-7,9H,1,8,10-11H2,2-3H3,(H2,16,17,18). The Hall–Kier alpha value is -2.37. The lowest BCUT2D eigenvalue weighted by Gasteiger charge is -2.14. The smallest absolute Gasteiger partial charge is 0.241 e. The fourth-order valence-corrected chi connectivity index (χ4v) is 1.31. The van der Waals surface area contributed by atoms with E-state index in [9.17, 15) is 4.79 Å². The van der Waals surface area contributed by atoms with Gasteiger partial charge < -0.3 is 15.5 Å². The molecule has 1 aromatic rings. The van der Waals surface area contributed by atoms with Crippen LogP contribution in [0.2, 0.25) is 0 Å². The van der Waals surface area contributed by atoms with E-state index in [0.717, 1.165) is 5.69 Å². The Morgan fingerprint density at radius 2 is 2.25 bits per heavy atom. The van der Waals surface area contributed by atoms with E-state index in [0.29, 0.717) is 19.0 Å². The van der Waals surface area contributed by atoms with Gasteiger partial charge in [-0.1, -0.05) is 12.1 Å². The number of hydrogen-bond donors (Lipinski definition) is 2. The molecule has 1 aromatic heterocycles. The third kappa shape index (κ3) is 5.99. The van der Waals surface area contributed by atoms with Crippen molar-refractivity contribution in [3.63, 3.8) is 0 Å². The third-order valence-electron chi connectivity index (χ3n) is 2.45. The molecule has 0 aliphatic heterocycles. The Morgan fingerprint density at radius 1 is 1.45 bits per heavy atom. The van der Waals surface area contributed by atoms with Crippen molar-refractivity contribution in [2.75, 3.05) is 27.2 Å². The first-order valence-electron chi connectivity index (χ1n) is 6.36. The van der Waals surface area contributed by atoms with Crippen molar-refractivity contribution in [3.8, 4) is 0 Å². The zero-order valence-electron chi connectivity index (χ0n) is 12.0. The van der Waals surface area contributed by atoms with E-state index in [4.69, 9.17) is 0 Å². The maximum Gasteiger partial charge on any atom is 0.241 e. The van der Waals surface area contributed by atoms with E-state index >= 15 is 0 Å². The maximum absolute atomic E-state index is 11.5. The van der Waals surface area contributed by atoms with Crippen molar-refractivity contribution in [3.05, 3.63) is 42.7 Å². The molecule has 108 valence electrons. The molecule has 0 saturated carbocycles. The van der Waals surface area contributed by atoms with Crippen molar-refractivity contribution < 1.29 is 4.79 Å². The molecule has 1 amide bonds. The fraction of sp³-hybridized carbons (Fsp3) is 0.357. The van der Waals surface area contributed by atoms with Gasteiger partial charge in [0.2, 0.25) is 5.91 Å². The Labute approximate surface area is 119 Å². The summed E-state index contributed by atoms with van der Waals surface area (Å²) in [7, 11) is 3.43. The van der Waals surface area contributed by atoms with Crippen LogP contribution in [0.15, 0.2) is 42.0 Å². The zero-order valence-corrected chi connectivity index (χ0v) is 12.0. The van der Waals surface area contributed by atoms with Crippen LogP contribution in [0.5, 0.6) is 0 Å². The number of nitrogens with one attached hydrogen (secondary N) is 2. The summed E-state index contributed by atoms with van der Waals surface area (Å²) in [6.07, 6.45) is 3.45. The van der Waals surface area contributed by atoms with Crippen LogP contribution in [0.3, 0.4) is 0 Å². The van der Waals surface area contributed by atoms with Crippen LogP contribution in [0.25, 0.3) is 0 Å². The van der Waals surface area contributed by atoms with Gasteiger partial charge in [-0.25, -0.2) is 4.99 Å². The molecule has 0 unspecified atom stereocenters. The lowest BCUT2D eigenvalue weighted by atomic mass is 10.3. The first kappa shape index (κ1) is 15.7. The van der Waals surface area contributed by atoms with Gasteiger partial charge >= 0.3 is 0 Å². The molecule has 0 atom stereocenters. The molecule has 0 spiro atoms. The first-order valence-corrected chi connectivity index (χ1v) is 6.36. The normalized spacial score (nSPS) is 10.8. The third-order valence-corrected chi connectivity index (χ3v) is 2.45. The second-order valence-electron chi connectivity index (χ2n) is 4.30. The second-order valence-corrected chi connectivity index (χ2v) is 4.30. The summed E-state index contributed by atoms with van der Waals surface area (Å²) in [5, 5.41) is 6.03. The molecule has 0 aliphatic carbocycles. The van der Waals surface area contributed by atoms with E-state index in [-0.39, 0.29) is 12.5 Å². The van der Waals surface area contributed by atoms with Crippen molar-refractivity contribution >= 4 is 11.9 Å². The van der Waals surface area contributed by atoms with Gasteiger partial charge in [0.25, 0.3) is 0 Å². The molecular formula is C14H21N5O. The molecule has 0 saturated heterocycles. The number of likely N-dealkylation sites (N-methyl/N-ethyl adjacent to an activating group) is 1. The number of hydrogen-bond acceptors (Lipinski definition) is 3. The van der Waals surface area contributed by atoms with Crippen LogP contribution in [-0.2, 0) is 11.3 Å². The van der Waals surface area contributed by atoms with E-state index < -0.39 is 0 Å². The minimum Gasteiger partial charge on any atom is -0.353 e. The van der Waals surface area contributed by atoms with Crippen LogP contribution < -0.4 is 10.6 Å². The molecule has 0 radical (unpaired) electrons. The number of nitrogens with zero attached hydrogens (tertiary/aromatic N) is 3. The van der Waals surface area contributed by atoms with Gasteiger partial charge in [-0.15, -0.1) is 6.58 Å². The quantitative estimate of drug-likeness (QED) is 0.448. The van der Waals surface area contributed by atoms with Gasteiger partial charge in [-0.2, -0.15) is 0 Å². The van der Waals surface area contributed by atoms with Crippen molar-refractivity contribution in [1.82, 2.24) is 20.5 Å². The second kappa shape index (κ2) is 8.68. The van der Waals surface area contributed by atoms with Gasteiger partial charge in [0.15, 0.2) is 5.96 Å². The highest BCUT2D eigenvalue weighted by Crippen LogP contribution is 1.95. The molecule has 0 fully saturated rings. The molecular weight excluding hydrogens is 254 g/mol. The van der Waals surface area contributed by atoms with Gasteiger partial charge in [-0.3, -0.25) is 9.78 Å².